The summed E-state index contributed by atoms with van der Waals surface area (Å²) < 4.78 is 1.83. The second-order valence-electron chi connectivity index (χ2n) is 11.8. The predicted octanol–water partition coefficient (Wildman–Crippen LogP) is 7.48. The number of nitrogens with one attached hydrogen (secondary N) is 4. The summed E-state index contributed by atoms with van der Waals surface area (Å²) >= 11 is 6.31. The molecule has 12 nitrogen and oxygen atoms in total. The minimum absolute atomic E-state index is 0.281. The Labute approximate surface area is 310 Å². The average Bonchev–Trinajstić information content (AvgIpc) is 3.85. The molecule has 0 bridgehead atoms. The summed E-state index contributed by atoms with van der Waals surface area (Å²) in [5.41, 5.74) is 0.291. The molecule has 0 aliphatic carbocycles. The van der Waals surface area contributed by atoms with Gasteiger partial charge in [0, 0.05) is 46.7 Å². The summed E-state index contributed by atoms with van der Waals surface area (Å²) in [6, 6.07) is 22.8. The van der Waals surface area contributed by atoms with Crippen LogP contribution in [0.2, 0.25) is 0 Å². The van der Waals surface area contributed by atoms with Gasteiger partial charge < -0.3 is 16.0 Å². The minimum atomic E-state index is -1.19. The molecule has 2 unspecified atom stereocenters. The molecule has 1 aliphatic heterocycles. The number of carbonyl (C=O) groups is 2. The molecular weight excluding hydrogens is 721 g/mol. The van der Waals surface area contributed by atoms with Crippen molar-refractivity contribution in [3.63, 3.8) is 0 Å². The summed E-state index contributed by atoms with van der Waals surface area (Å²) in [4.78, 5) is 57.2. The number of rotatable bonds is 14. The Kier molecular flexibility index (Phi) is 10.5. The van der Waals surface area contributed by atoms with Gasteiger partial charge in [0.1, 0.15) is 5.54 Å². The van der Waals surface area contributed by atoms with Crippen molar-refractivity contribution in [3.8, 4) is 21.1 Å². The Hall–Kier alpha value is -4.90. The van der Waals surface area contributed by atoms with Crippen LogP contribution in [0.1, 0.15) is 26.7 Å². The molecule has 7 rings (SSSR count). The number of hydrogen-bond donors (Lipinski definition) is 4. The van der Waals surface area contributed by atoms with Gasteiger partial charge in [-0.1, -0.05) is 59.9 Å². The highest BCUT2D eigenvalue weighted by Crippen LogP contribution is 2.36. The van der Waals surface area contributed by atoms with Crippen molar-refractivity contribution in [1.82, 2.24) is 40.5 Å². The summed E-state index contributed by atoms with van der Waals surface area (Å²) in [5.74, 6) is 0.436. The number of anilines is 2. The van der Waals surface area contributed by atoms with Gasteiger partial charge in [0.2, 0.25) is 11.9 Å². The molecule has 258 valence electrons. The molecule has 1 fully saturated rings. The van der Waals surface area contributed by atoms with Crippen molar-refractivity contribution in [1.29, 1.82) is 0 Å². The molecule has 4 aromatic heterocycles. The Morgan fingerprint density at radius 1 is 0.686 bits per heavy atom. The number of amides is 3. The number of carbonyl (C=O) groups excluding carboxylic acids is 2. The van der Waals surface area contributed by atoms with Crippen LogP contribution < -0.4 is 21.3 Å². The van der Waals surface area contributed by atoms with Crippen LogP contribution in [0.3, 0.4) is 0 Å². The van der Waals surface area contributed by atoms with Crippen LogP contribution in [0.15, 0.2) is 116 Å². The molecule has 0 saturated carbocycles. The first-order chi connectivity index (χ1) is 24.8. The quantitative estimate of drug-likeness (QED) is 0.0814. The van der Waals surface area contributed by atoms with E-state index >= 15 is 0 Å². The number of urea groups is 1. The van der Waals surface area contributed by atoms with Gasteiger partial charge in [-0.3, -0.25) is 10.1 Å². The number of nitrogens with zero attached hydrogens (tertiary/aromatic N) is 6. The highest BCUT2D eigenvalue weighted by molar-refractivity contribution is 8.01. The fourth-order valence-corrected chi connectivity index (χ4v) is 9.53. The van der Waals surface area contributed by atoms with Crippen LogP contribution in [0.25, 0.3) is 21.1 Å². The zero-order chi connectivity index (χ0) is 35.2. The molecule has 1 saturated heterocycles. The van der Waals surface area contributed by atoms with Gasteiger partial charge in [0.25, 0.3) is 5.91 Å². The maximum Gasteiger partial charge on any atom is 0.322 e. The monoisotopic (exact) mass is 752 g/mol. The summed E-state index contributed by atoms with van der Waals surface area (Å²) in [7, 11) is 0. The Balaban J connectivity index is 0.995. The first-order valence-electron chi connectivity index (χ1n) is 16.0. The third-order valence-electron chi connectivity index (χ3n) is 7.76. The van der Waals surface area contributed by atoms with Gasteiger partial charge in [-0.2, -0.15) is 0 Å². The normalized spacial score (nSPS) is 16.7. The van der Waals surface area contributed by atoms with E-state index in [1.165, 1.54) is 0 Å². The highest BCUT2D eigenvalue weighted by Gasteiger charge is 2.47. The Morgan fingerprint density at radius 3 is 1.59 bits per heavy atom. The highest BCUT2D eigenvalue weighted by atomic mass is 32.2. The second-order valence-corrected chi connectivity index (χ2v) is 16.5. The average molecular weight is 753 g/mol. The van der Waals surface area contributed by atoms with E-state index in [9.17, 15) is 9.59 Å². The Bertz CT molecular complexity index is 2000. The van der Waals surface area contributed by atoms with E-state index < -0.39 is 11.6 Å². The van der Waals surface area contributed by atoms with Gasteiger partial charge in [0.05, 0.1) is 21.1 Å². The van der Waals surface area contributed by atoms with Gasteiger partial charge in [-0.05, 0) is 63.1 Å². The van der Waals surface area contributed by atoms with Crippen molar-refractivity contribution in [2.45, 2.75) is 62.8 Å². The molecule has 1 aliphatic rings. The molecule has 5 heterocycles. The van der Waals surface area contributed by atoms with Crippen LogP contribution in [0.5, 0.6) is 0 Å². The second kappa shape index (κ2) is 15.6. The summed E-state index contributed by atoms with van der Waals surface area (Å²) in [6.07, 6.45) is 7.57. The lowest BCUT2D eigenvalue weighted by Crippen LogP contribution is -2.52. The third kappa shape index (κ3) is 8.71. The standard InChI is InChI=1S/C35H32N10O2S4/c1-21(40-30-36-15-13-25(42-30)27-19-38-33(50-27)48-23-9-5-3-6-10-23)17-35(29(46)44-32(47)45-35)18-22(2)41-31-37-16-14-26(43-31)28-20-39-34(51-28)49-24-11-7-4-8-12-24/h3-16,19-22H,17-18H2,1-2H3,(H,36,40,42)(H,37,41,43)(H2,44,45,46,47). The van der Waals surface area contributed by atoms with Gasteiger partial charge in [0.15, 0.2) is 8.68 Å². The number of benzene rings is 2. The van der Waals surface area contributed by atoms with E-state index in [0.717, 1.165) is 39.6 Å². The molecule has 3 amide bonds. The Morgan fingerprint density at radius 2 is 1.16 bits per heavy atom. The first kappa shape index (κ1) is 34.5. The van der Waals surface area contributed by atoms with Crippen molar-refractivity contribution in [3.05, 3.63) is 97.6 Å². The molecule has 2 aromatic carbocycles. The van der Waals surface area contributed by atoms with Gasteiger partial charge in [-0.25, -0.2) is 34.7 Å². The lowest BCUT2D eigenvalue weighted by Gasteiger charge is -2.32. The lowest BCUT2D eigenvalue weighted by molar-refractivity contribution is -0.124. The lowest BCUT2D eigenvalue weighted by atomic mass is 9.85. The zero-order valence-electron chi connectivity index (χ0n) is 27.4. The fourth-order valence-electron chi connectivity index (χ4n) is 5.64. The zero-order valence-corrected chi connectivity index (χ0v) is 30.7. The molecule has 4 N–H and O–H groups in total. The number of thiazole rings is 2. The summed E-state index contributed by atoms with van der Waals surface area (Å²) in [6.45, 7) is 3.86. The maximum atomic E-state index is 13.3. The molecular formula is C35H32N10O2S4. The molecule has 0 radical (unpaired) electrons. The van der Waals surface area contributed by atoms with Crippen LogP contribution in [-0.4, -0.2) is 59.5 Å². The largest absolute Gasteiger partial charge is 0.352 e. The SMILES string of the molecule is CC(CC1(CC(C)Nc2nccc(-c3cnc(Sc4ccccc4)s3)n2)NC(=O)NC1=O)Nc1nccc(-c2cnc(Sc3ccccc3)s2)n1. The molecule has 0 spiro atoms. The van der Waals surface area contributed by atoms with Gasteiger partial charge >= 0.3 is 6.03 Å². The van der Waals surface area contributed by atoms with Crippen LogP contribution in [0.4, 0.5) is 16.7 Å². The molecule has 6 aromatic rings. The van der Waals surface area contributed by atoms with E-state index in [-0.39, 0.29) is 30.8 Å². The van der Waals surface area contributed by atoms with Crippen LogP contribution >= 0.6 is 46.2 Å². The topological polar surface area (TPSA) is 160 Å². The number of aromatic nitrogens is 6. The van der Waals surface area contributed by atoms with Crippen molar-refractivity contribution >= 4 is 70.0 Å². The smallest absolute Gasteiger partial charge is 0.322 e. The van der Waals surface area contributed by atoms with E-state index in [2.05, 4.69) is 41.2 Å². The van der Waals surface area contributed by atoms with Crippen LogP contribution in [0, 0.1) is 0 Å². The van der Waals surface area contributed by atoms with Crippen molar-refractivity contribution < 1.29 is 9.59 Å². The molecule has 51 heavy (non-hydrogen) atoms. The van der Waals surface area contributed by atoms with Crippen molar-refractivity contribution in [2.75, 3.05) is 10.6 Å². The van der Waals surface area contributed by atoms with Crippen molar-refractivity contribution in [2.24, 2.45) is 0 Å². The number of imide groups is 1. The molecule has 16 heteroatoms. The van der Waals surface area contributed by atoms with E-state index in [0.29, 0.717) is 11.9 Å². The molecule has 2 atom stereocenters. The van der Waals surface area contributed by atoms with Crippen LogP contribution in [-0.2, 0) is 4.79 Å². The predicted molar refractivity (Wildman–Crippen MR) is 202 cm³/mol. The maximum absolute atomic E-state index is 13.3. The number of hydrogen-bond acceptors (Lipinski definition) is 14. The van der Waals surface area contributed by atoms with E-state index in [1.54, 1.807) is 58.6 Å². The van der Waals surface area contributed by atoms with E-state index in [4.69, 9.17) is 9.97 Å². The fraction of sp³-hybridized carbons (Fsp3) is 0.200. The minimum Gasteiger partial charge on any atom is -0.352 e. The third-order valence-corrected chi connectivity index (χ3v) is 12.0. The first-order valence-corrected chi connectivity index (χ1v) is 19.3. The van der Waals surface area contributed by atoms with E-state index in [1.807, 2.05) is 99.0 Å². The summed E-state index contributed by atoms with van der Waals surface area (Å²) in [5, 5.41) is 12.0. The van der Waals surface area contributed by atoms with Gasteiger partial charge in [-0.15, -0.1) is 22.7 Å².